The van der Waals surface area contributed by atoms with E-state index in [0.717, 1.165) is 0 Å². The Balaban J connectivity index is 1.34. The summed E-state index contributed by atoms with van der Waals surface area (Å²) in [7, 11) is 0. The molecule has 222 valence electrons. The summed E-state index contributed by atoms with van der Waals surface area (Å²) in [6.45, 7) is 4.31. The Labute approximate surface area is 275 Å². The van der Waals surface area contributed by atoms with Crippen molar-refractivity contribution in [1.29, 1.82) is 0 Å². The summed E-state index contributed by atoms with van der Waals surface area (Å²) in [5.41, 5.74) is 13.7. The molecule has 0 saturated heterocycles. The Hall–Kier alpha value is -5.92. The second-order valence-corrected chi connectivity index (χ2v) is 12.7. The maximum absolute atomic E-state index is 2.42. The third kappa shape index (κ3) is 4.47. The van der Waals surface area contributed by atoms with Crippen LogP contribution in [0.3, 0.4) is 0 Å². The molecule has 0 fully saturated rings. The van der Waals surface area contributed by atoms with Gasteiger partial charge in [-0.3, -0.25) is 0 Å². The van der Waals surface area contributed by atoms with Crippen LogP contribution in [-0.2, 0) is 0 Å². The highest BCUT2D eigenvalue weighted by Gasteiger charge is 2.18. The predicted octanol–water partition coefficient (Wildman–Crippen LogP) is 12.7. The summed E-state index contributed by atoms with van der Waals surface area (Å²) in [6.07, 6.45) is 0. The van der Waals surface area contributed by atoms with E-state index < -0.39 is 0 Å². The van der Waals surface area contributed by atoms with E-state index in [9.17, 15) is 0 Å². The first kappa shape index (κ1) is 27.4. The van der Waals surface area contributed by atoms with Gasteiger partial charge < -0.3 is 4.57 Å². The van der Waals surface area contributed by atoms with E-state index in [4.69, 9.17) is 0 Å². The van der Waals surface area contributed by atoms with Crippen LogP contribution in [0.1, 0.15) is 11.1 Å². The van der Waals surface area contributed by atoms with Gasteiger partial charge in [0.25, 0.3) is 0 Å². The summed E-state index contributed by atoms with van der Waals surface area (Å²) in [4.78, 5) is 0. The van der Waals surface area contributed by atoms with Gasteiger partial charge in [0.1, 0.15) is 0 Å². The van der Waals surface area contributed by atoms with E-state index >= 15 is 0 Å². The molecule has 1 aromatic heterocycles. The minimum Gasteiger partial charge on any atom is -0.309 e. The standard InChI is InChI=1S/C46H33N/c1-30-16-20-32(21-17-30)45-38-13-6-7-14-39(38)46(33-22-18-31(2)19-23-33)42-29-34(24-26-40(42)45)35-25-27-44-41(28-35)37-12-8-9-15-43(37)47(44)36-10-4-3-5-11-36/h3-29H,1-2H3. The first-order valence-electron chi connectivity index (χ1n) is 16.4. The lowest BCUT2D eigenvalue weighted by Crippen LogP contribution is -1.93. The summed E-state index contributed by atoms with van der Waals surface area (Å²) in [5, 5.41) is 7.63. The molecule has 0 atom stereocenters. The second kappa shape index (κ2) is 10.9. The maximum atomic E-state index is 2.42. The van der Waals surface area contributed by atoms with Crippen molar-refractivity contribution < 1.29 is 0 Å². The lowest BCUT2D eigenvalue weighted by Gasteiger charge is -2.19. The molecule has 8 aromatic carbocycles. The number of benzene rings is 8. The van der Waals surface area contributed by atoms with E-state index in [1.54, 1.807) is 0 Å². The van der Waals surface area contributed by atoms with Gasteiger partial charge in [-0.25, -0.2) is 0 Å². The first-order chi connectivity index (χ1) is 23.1. The number of rotatable bonds is 4. The van der Waals surface area contributed by atoms with Gasteiger partial charge >= 0.3 is 0 Å². The molecule has 0 bridgehead atoms. The predicted molar refractivity (Wildman–Crippen MR) is 202 cm³/mol. The molecule has 9 rings (SSSR count). The fourth-order valence-corrected chi connectivity index (χ4v) is 7.43. The first-order valence-corrected chi connectivity index (χ1v) is 16.4. The molecule has 0 spiro atoms. The molecule has 0 aliphatic carbocycles. The third-order valence-corrected chi connectivity index (χ3v) is 9.72. The maximum Gasteiger partial charge on any atom is 0.0541 e. The summed E-state index contributed by atoms with van der Waals surface area (Å²) in [6, 6.07) is 60.4. The molecule has 47 heavy (non-hydrogen) atoms. The number of para-hydroxylation sites is 2. The van der Waals surface area contributed by atoms with Crippen LogP contribution in [0.15, 0.2) is 164 Å². The van der Waals surface area contributed by atoms with Crippen molar-refractivity contribution in [1.82, 2.24) is 4.57 Å². The summed E-state index contributed by atoms with van der Waals surface area (Å²) in [5.74, 6) is 0. The van der Waals surface area contributed by atoms with Crippen molar-refractivity contribution in [3.05, 3.63) is 175 Å². The second-order valence-electron chi connectivity index (χ2n) is 12.7. The molecule has 0 aliphatic heterocycles. The molecule has 0 N–H and O–H groups in total. The van der Waals surface area contributed by atoms with Crippen LogP contribution >= 0.6 is 0 Å². The SMILES string of the molecule is Cc1ccc(-c2c3ccccc3c(-c3ccc(C)cc3)c3cc(-c4ccc5c(c4)c4ccccc4n5-c4ccccc4)ccc23)cc1. The molecular weight excluding hydrogens is 567 g/mol. The lowest BCUT2D eigenvalue weighted by molar-refractivity contribution is 1.18. The van der Waals surface area contributed by atoms with Gasteiger partial charge in [0.2, 0.25) is 0 Å². The average molecular weight is 600 g/mol. The third-order valence-electron chi connectivity index (χ3n) is 9.72. The summed E-state index contributed by atoms with van der Waals surface area (Å²) < 4.78 is 2.38. The van der Waals surface area contributed by atoms with Crippen molar-refractivity contribution in [2.45, 2.75) is 13.8 Å². The van der Waals surface area contributed by atoms with E-state index in [2.05, 4.69) is 182 Å². The highest BCUT2D eigenvalue weighted by molar-refractivity contribution is 6.22. The fourth-order valence-electron chi connectivity index (χ4n) is 7.43. The zero-order valence-corrected chi connectivity index (χ0v) is 26.5. The quantitative estimate of drug-likeness (QED) is 0.177. The molecule has 1 nitrogen and oxygen atoms in total. The lowest BCUT2D eigenvalue weighted by atomic mass is 9.84. The zero-order chi connectivity index (χ0) is 31.5. The Kier molecular flexibility index (Phi) is 6.33. The number of hydrogen-bond donors (Lipinski definition) is 0. The Morgan fingerprint density at radius 2 is 0.766 bits per heavy atom. The minimum atomic E-state index is 1.18. The van der Waals surface area contributed by atoms with Crippen molar-refractivity contribution >= 4 is 43.4 Å². The van der Waals surface area contributed by atoms with Crippen LogP contribution in [0.25, 0.3) is 82.4 Å². The van der Waals surface area contributed by atoms with Gasteiger partial charge in [-0.2, -0.15) is 0 Å². The monoisotopic (exact) mass is 599 g/mol. The normalized spacial score (nSPS) is 11.6. The van der Waals surface area contributed by atoms with Crippen LogP contribution < -0.4 is 0 Å². The smallest absolute Gasteiger partial charge is 0.0541 e. The minimum absolute atomic E-state index is 1.18. The van der Waals surface area contributed by atoms with Gasteiger partial charge in [-0.05, 0) is 105 Å². The topological polar surface area (TPSA) is 4.93 Å². The number of aromatic nitrogens is 1. The molecular formula is C46H33N. The van der Waals surface area contributed by atoms with Gasteiger partial charge in [-0.15, -0.1) is 0 Å². The average Bonchev–Trinajstić information content (AvgIpc) is 3.45. The van der Waals surface area contributed by atoms with Crippen LogP contribution in [0.4, 0.5) is 0 Å². The molecule has 0 saturated carbocycles. The Bertz CT molecular complexity index is 2600. The largest absolute Gasteiger partial charge is 0.309 e. The highest BCUT2D eigenvalue weighted by atomic mass is 15.0. The van der Waals surface area contributed by atoms with E-state index in [-0.39, 0.29) is 0 Å². The van der Waals surface area contributed by atoms with Crippen LogP contribution in [-0.4, -0.2) is 4.57 Å². The highest BCUT2D eigenvalue weighted by Crippen LogP contribution is 2.45. The zero-order valence-electron chi connectivity index (χ0n) is 26.5. The van der Waals surface area contributed by atoms with E-state index in [0.29, 0.717) is 0 Å². The summed E-state index contributed by atoms with van der Waals surface area (Å²) >= 11 is 0. The molecule has 0 amide bonds. The Morgan fingerprint density at radius 3 is 1.40 bits per heavy atom. The number of fused-ring (bicyclic) bond motifs is 5. The van der Waals surface area contributed by atoms with Gasteiger partial charge in [0.15, 0.2) is 0 Å². The molecule has 0 aliphatic rings. The molecule has 1 heteroatoms. The van der Waals surface area contributed by atoms with E-state index in [1.165, 1.54) is 93.5 Å². The molecule has 0 unspecified atom stereocenters. The van der Waals surface area contributed by atoms with Crippen LogP contribution in [0.5, 0.6) is 0 Å². The van der Waals surface area contributed by atoms with Gasteiger partial charge in [0.05, 0.1) is 11.0 Å². The van der Waals surface area contributed by atoms with E-state index in [1.807, 2.05) is 0 Å². The van der Waals surface area contributed by atoms with Gasteiger partial charge in [-0.1, -0.05) is 139 Å². The molecule has 9 aromatic rings. The van der Waals surface area contributed by atoms with Crippen LogP contribution in [0, 0.1) is 13.8 Å². The van der Waals surface area contributed by atoms with Crippen LogP contribution in [0.2, 0.25) is 0 Å². The molecule has 0 radical (unpaired) electrons. The van der Waals surface area contributed by atoms with Crippen molar-refractivity contribution in [3.63, 3.8) is 0 Å². The number of aryl methyl sites for hydroxylation is 2. The number of hydrogen-bond acceptors (Lipinski definition) is 0. The Morgan fingerprint density at radius 1 is 0.319 bits per heavy atom. The van der Waals surface area contributed by atoms with Crippen molar-refractivity contribution in [2.24, 2.45) is 0 Å². The number of nitrogens with zero attached hydrogens (tertiary/aromatic N) is 1. The van der Waals surface area contributed by atoms with Gasteiger partial charge in [0, 0.05) is 16.5 Å². The molecule has 1 heterocycles. The van der Waals surface area contributed by atoms with Crippen molar-refractivity contribution in [3.8, 4) is 39.1 Å². The van der Waals surface area contributed by atoms with Crippen molar-refractivity contribution in [2.75, 3.05) is 0 Å². The fraction of sp³-hybridized carbons (Fsp3) is 0.0435.